The Morgan fingerprint density at radius 3 is 2.62 bits per heavy atom. The molecule has 110 valence electrons. The topological polar surface area (TPSA) is 103 Å². The standard InChI is InChI=1S/C10H6ClF2N5O3/c1-14-9-15-8(11)16-10(17-9)21-7-3-4(12)6(18(19)20)2-5(7)13/h2-3H,1H3,(H,14,15,16,17). The Kier molecular flexibility index (Phi) is 4.08. The van der Waals surface area contributed by atoms with E-state index in [9.17, 15) is 18.9 Å². The molecule has 0 saturated heterocycles. The van der Waals surface area contributed by atoms with Gasteiger partial charge < -0.3 is 10.1 Å². The molecule has 0 aliphatic carbocycles. The lowest BCUT2D eigenvalue weighted by atomic mass is 10.3. The Labute approximate surface area is 120 Å². The fraction of sp³-hybridized carbons (Fsp3) is 0.100. The Balaban J connectivity index is 2.38. The number of nitrogens with zero attached hydrogens (tertiary/aromatic N) is 4. The minimum absolute atomic E-state index is 0.0489. The predicted molar refractivity (Wildman–Crippen MR) is 67.5 cm³/mol. The van der Waals surface area contributed by atoms with Gasteiger partial charge in [-0.3, -0.25) is 10.1 Å². The van der Waals surface area contributed by atoms with Crippen molar-refractivity contribution in [3.8, 4) is 11.8 Å². The summed E-state index contributed by atoms with van der Waals surface area (Å²) in [6, 6.07) is 0.517. The van der Waals surface area contributed by atoms with Crippen molar-refractivity contribution in [2.24, 2.45) is 0 Å². The molecule has 1 aromatic carbocycles. The Morgan fingerprint density at radius 2 is 2.00 bits per heavy atom. The SMILES string of the molecule is CNc1nc(Cl)nc(Oc2cc(F)c([N+](=O)[O-])cc2F)n1. The molecule has 0 unspecified atom stereocenters. The number of nitro benzene ring substituents is 1. The highest BCUT2D eigenvalue weighted by Gasteiger charge is 2.20. The van der Waals surface area contributed by atoms with Crippen molar-refractivity contribution < 1.29 is 18.4 Å². The molecule has 11 heteroatoms. The largest absolute Gasteiger partial charge is 0.421 e. The summed E-state index contributed by atoms with van der Waals surface area (Å²) in [7, 11) is 1.50. The van der Waals surface area contributed by atoms with Crippen LogP contribution in [0.2, 0.25) is 5.28 Å². The maximum absolute atomic E-state index is 13.6. The van der Waals surface area contributed by atoms with E-state index in [0.29, 0.717) is 12.1 Å². The van der Waals surface area contributed by atoms with Gasteiger partial charge in [-0.05, 0) is 11.6 Å². The molecule has 0 atom stereocenters. The monoisotopic (exact) mass is 317 g/mol. The summed E-state index contributed by atoms with van der Waals surface area (Å²) in [6.07, 6.45) is 0. The van der Waals surface area contributed by atoms with E-state index in [-0.39, 0.29) is 11.2 Å². The van der Waals surface area contributed by atoms with Crippen molar-refractivity contribution in [2.75, 3.05) is 12.4 Å². The fourth-order valence-electron chi connectivity index (χ4n) is 1.32. The lowest BCUT2D eigenvalue weighted by Crippen LogP contribution is -2.02. The molecule has 2 aromatic rings. The maximum Gasteiger partial charge on any atom is 0.328 e. The van der Waals surface area contributed by atoms with E-state index in [1.54, 1.807) is 0 Å². The molecule has 1 heterocycles. The van der Waals surface area contributed by atoms with E-state index in [1.807, 2.05) is 0 Å². The average Bonchev–Trinajstić information content (AvgIpc) is 2.41. The number of rotatable bonds is 4. The van der Waals surface area contributed by atoms with Crippen molar-refractivity contribution in [1.29, 1.82) is 0 Å². The number of nitrogens with one attached hydrogen (secondary N) is 1. The molecule has 0 amide bonds. The summed E-state index contributed by atoms with van der Waals surface area (Å²) >= 11 is 5.59. The zero-order valence-corrected chi connectivity index (χ0v) is 11.1. The summed E-state index contributed by atoms with van der Waals surface area (Å²) in [5.41, 5.74) is -1.01. The van der Waals surface area contributed by atoms with E-state index in [0.717, 1.165) is 0 Å². The van der Waals surface area contributed by atoms with Gasteiger partial charge in [0, 0.05) is 13.1 Å². The normalized spacial score (nSPS) is 10.3. The molecule has 1 N–H and O–H groups in total. The third-order valence-electron chi connectivity index (χ3n) is 2.21. The van der Waals surface area contributed by atoms with Crippen LogP contribution in [0.1, 0.15) is 0 Å². The number of hydrogen-bond acceptors (Lipinski definition) is 7. The number of aromatic nitrogens is 3. The molecular formula is C10H6ClF2N5O3. The van der Waals surface area contributed by atoms with Crippen LogP contribution >= 0.6 is 11.6 Å². The summed E-state index contributed by atoms with van der Waals surface area (Å²) in [4.78, 5) is 20.4. The molecule has 0 fully saturated rings. The first-order valence-electron chi connectivity index (χ1n) is 5.31. The van der Waals surface area contributed by atoms with E-state index in [4.69, 9.17) is 16.3 Å². The number of ether oxygens (including phenoxy) is 1. The molecule has 1 aromatic heterocycles. The first kappa shape index (κ1) is 14.8. The summed E-state index contributed by atoms with van der Waals surface area (Å²) in [5.74, 6) is -2.98. The van der Waals surface area contributed by atoms with E-state index in [2.05, 4.69) is 20.3 Å². The number of anilines is 1. The first-order chi connectivity index (χ1) is 9.90. The summed E-state index contributed by atoms with van der Waals surface area (Å²) < 4.78 is 32.0. The molecule has 8 nitrogen and oxygen atoms in total. The highest BCUT2D eigenvalue weighted by molar-refractivity contribution is 6.28. The first-order valence-corrected chi connectivity index (χ1v) is 5.69. The third-order valence-corrected chi connectivity index (χ3v) is 2.38. The van der Waals surface area contributed by atoms with Gasteiger partial charge in [-0.2, -0.15) is 19.3 Å². The van der Waals surface area contributed by atoms with Crippen LogP contribution in [-0.2, 0) is 0 Å². The molecular weight excluding hydrogens is 312 g/mol. The van der Waals surface area contributed by atoms with Crippen LogP contribution in [0.4, 0.5) is 20.4 Å². The van der Waals surface area contributed by atoms with Gasteiger partial charge in [0.05, 0.1) is 11.0 Å². The Morgan fingerprint density at radius 1 is 1.29 bits per heavy atom. The Bertz CT molecular complexity index is 715. The molecule has 0 spiro atoms. The number of hydrogen-bond donors (Lipinski definition) is 1. The van der Waals surface area contributed by atoms with Crippen LogP contribution in [0.15, 0.2) is 12.1 Å². The number of nitro groups is 1. The van der Waals surface area contributed by atoms with Crippen molar-refractivity contribution in [1.82, 2.24) is 15.0 Å². The van der Waals surface area contributed by atoms with E-state index < -0.39 is 34.0 Å². The molecule has 0 aliphatic heterocycles. The lowest BCUT2D eigenvalue weighted by molar-refractivity contribution is -0.387. The van der Waals surface area contributed by atoms with Gasteiger partial charge in [0.2, 0.25) is 17.0 Å². The van der Waals surface area contributed by atoms with Gasteiger partial charge in [0.15, 0.2) is 11.6 Å². The highest BCUT2D eigenvalue weighted by Crippen LogP contribution is 2.29. The summed E-state index contributed by atoms with van der Waals surface area (Å²) in [5, 5.41) is 12.8. The molecule has 0 radical (unpaired) electrons. The van der Waals surface area contributed by atoms with Crippen LogP contribution in [0, 0.1) is 21.7 Å². The predicted octanol–water partition coefficient (Wildman–Crippen LogP) is 2.55. The van der Waals surface area contributed by atoms with Crippen LogP contribution in [0.5, 0.6) is 11.8 Å². The van der Waals surface area contributed by atoms with E-state index in [1.165, 1.54) is 7.05 Å². The van der Waals surface area contributed by atoms with Gasteiger partial charge in [-0.15, -0.1) is 0 Å². The number of halogens is 3. The van der Waals surface area contributed by atoms with Gasteiger partial charge in [-0.1, -0.05) is 0 Å². The van der Waals surface area contributed by atoms with Gasteiger partial charge in [0.1, 0.15) is 0 Å². The molecule has 2 rings (SSSR count). The third kappa shape index (κ3) is 3.28. The van der Waals surface area contributed by atoms with Crippen LogP contribution in [0.3, 0.4) is 0 Å². The minimum Gasteiger partial charge on any atom is -0.421 e. The minimum atomic E-state index is -1.26. The zero-order chi connectivity index (χ0) is 15.6. The second kappa shape index (κ2) is 5.79. The average molecular weight is 318 g/mol. The number of benzene rings is 1. The second-order valence-corrected chi connectivity index (χ2v) is 3.89. The smallest absolute Gasteiger partial charge is 0.328 e. The van der Waals surface area contributed by atoms with Crippen LogP contribution in [-0.4, -0.2) is 26.9 Å². The van der Waals surface area contributed by atoms with Crippen molar-refractivity contribution in [2.45, 2.75) is 0 Å². The van der Waals surface area contributed by atoms with Crippen molar-refractivity contribution in [3.05, 3.63) is 39.2 Å². The lowest BCUT2D eigenvalue weighted by Gasteiger charge is -2.06. The van der Waals surface area contributed by atoms with Gasteiger partial charge in [0.25, 0.3) is 0 Å². The fourth-order valence-corrected chi connectivity index (χ4v) is 1.48. The van der Waals surface area contributed by atoms with Crippen molar-refractivity contribution >= 4 is 23.2 Å². The second-order valence-electron chi connectivity index (χ2n) is 3.55. The highest BCUT2D eigenvalue weighted by atomic mass is 35.5. The van der Waals surface area contributed by atoms with Crippen LogP contribution < -0.4 is 10.1 Å². The summed E-state index contributed by atoms with van der Waals surface area (Å²) in [6.45, 7) is 0. The van der Waals surface area contributed by atoms with Crippen molar-refractivity contribution in [3.63, 3.8) is 0 Å². The van der Waals surface area contributed by atoms with Crippen LogP contribution in [0.25, 0.3) is 0 Å². The quantitative estimate of drug-likeness (QED) is 0.682. The van der Waals surface area contributed by atoms with Gasteiger partial charge >= 0.3 is 11.7 Å². The maximum atomic E-state index is 13.6. The molecule has 0 saturated carbocycles. The van der Waals surface area contributed by atoms with E-state index >= 15 is 0 Å². The van der Waals surface area contributed by atoms with Gasteiger partial charge in [-0.25, -0.2) is 4.39 Å². The molecule has 0 bridgehead atoms. The Hall–Kier alpha value is -2.62. The zero-order valence-electron chi connectivity index (χ0n) is 10.3. The molecule has 0 aliphatic rings. The molecule has 21 heavy (non-hydrogen) atoms.